The van der Waals surface area contributed by atoms with E-state index in [1.165, 1.54) is 0 Å². The molecule has 3 aliphatic rings. The zero-order valence-corrected chi connectivity index (χ0v) is 24.6. The lowest BCUT2D eigenvalue weighted by atomic mass is 9.83. The Kier molecular flexibility index (Phi) is 10.8. The number of hydrogen-bond acceptors (Lipinski definition) is 6. The van der Waals surface area contributed by atoms with Crippen LogP contribution in [0.1, 0.15) is 68.9 Å². The molecule has 0 saturated carbocycles. The van der Waals surface area contributed by atoms with Gasteiger partial charge in [-0.3, -0.25) is 19.3 Å². The number of aliphatic carboxylic acids is 1. The predicted molar refractivity (Wildman–Crippen MR) is 155 cm³/mol. The van der Waals surface area contributed by atoms with E-state index in [1.807, 2.05) is 21.9 Å². The van der Waals surface area contributed by atoms with E-state index in [2.05, 4.69) is 36.9 Å². The van der Waals surface area contributed by atoms with Crippen molar-refractivity contribution in [3.05, 3.63) is 29.3 Å². The Morgan fingerprint density at radius 2 is 1.88 bits per heavy atom. The van der Waals surface area contributed by atoms with Crippen LogP contribution in [-0.4, -0.2) is 115 Å². The zero-order valence-electron chi connectivity index (χ0n) is 24.6. The minimum Gasteiger partial charge on any atom is -0.493 e. The number of carboxylic acids is 1. The second kappa shape index (κ2) is 14.3. The molecule has 2 amide bonds. The van der Waals surface area contributed by atoms with Crippen molar-refractivity contribution in [3.8, 4) is 5.75 Å². The van der Waals surface area contributed by atoms with E-state index in [9.17, 15) is 19.5 Å². The van der Waals surface area contributed by atoms with E-state index < -0.39 is 11.9 Å². The minimum atomic E-state index is -0.832. The van der Waals surface area contributed by atoms with Crippen LogP contribution in [-0.2, 0) is 20.8 Å². The molecule has 4 rings (SSSR count). The van der Waals surface area contributed by atoms with Crippen LogP contribution in [0.2, 0.25) is 0 Å². The molecule has 1 aromatic rings. The minimum absolute atomic E-state index is 0.0766. The lowest BCUT2D eigenvalue weighted by molar-refractivity contribution is -0.144. The van der Waals surface area contributed by atoms with E-state index >= 15 is 0 Å². The molecule has 2 fully saturated rings. The zero-order chi connectivity index (χ0) is 28.6. The fourth-order valence-corrected chi connectivity index (χ4v) is 6.57. The molecule has 9 nitrogen and oxygen atoms in total. The second-order valence-electron chi connectivity index (χ2n) is 12.0. The number of amides is 2. The third-order valence-corrected chi connectivity index (χ3v) is 8.80. The van der Waals surface area contributed by atoms with E-state index in [-0.39, 0.29) is 30.3 Å². The quantitative estimate of drug-likeness (QED) is 0.332. The van der Waals surface area contributed by atoms with Gasteiger partial charge in [-0.25, -0.2) is 0 Å². The van der Waals surface area contributed by atoms with Gasteiger partial charge in [-0.1, -0.05) is 25.5 Å². The number of carboxylic acid groups (broad SMARTS) is 1. The number of fused-ring (bicyclic) bond motifs is 1. The van der Waals surface area contributed by atoms with Crippen LogP contribution in [0, 0.1) is 5.92 Å². The maximum absolute atomic E-state index is 13.7. The molecule has 0 spiro atoms. The largest absolute Gasteiger partial charge is 0.493 e. The summed E-state index contributed by atoms with van der Waals surface area (Å²) in [6.45, 7) is 7.23. The van der Waals surface area contributed by atoms with Gasteiger partial charge in [-0.05, 0) is 69.9 Å². The number of unbranched alkanes of at least 4 members (excludes halogenated alkanes) is 2. The Bertz CT molecular complexity index is 1030. The summed E-state index contributed by atoms with van der Waals surface area (Å²) < 4.78 is 5.69. The van der Waals surface area contributed by atoms with Gasteiger partial charge in [0.25, 0.3) is 0 Å². The number of nitrogens with zero attached hydrogens (tertiary/aromatic N) is 4. The van der Waals surface area contributed by atoms with E-state index in [1.54, 1.807) is 0 Å². The Morgan fingerprint density at radius 3 is 2.58 bits per heavy atom. The first-order valence-electron chi connectivity index (χ1n) is 15.2. The van der Waals surface area contributed by atoms with Crippen molar-refractivity contribution >= 4 is 17.8 Å². The average molecular weight is 557 g/mol. The highest BCUT2D eigenvalue weighted by Crippen LogP contribution is 2.41. The molecule has 3 aliphatic heterocycles. The summed E-state index contributed by atoms with van der Waals surface area (Å²) in [7, 11) is 4.12. The van der Waals surface area contributed by atoms with E-state index in [0.717, 1.165) is 81.6 Å². The highest BCUT2D eigenvalue weighted by Gasteiger charge is 2.47. The number of carbonyl (C=O) groups excluding carboxylic acids is 2. The molecule has 0 aromatic heterocycles. The lowest BCUT2D eigenvalue weighted by Gasteiger charge is -2.31. The molecule has 2 saturated heterocycles. The van der Waals surface area contributed by atoms with Crippen molar-refractivity contribution < 1.29 is 24.2 Å². The fraction of sp³-hybridized carbons (Fsp3) is 0.710. The third-order valence-electron chi connectivity index (χ3n) is 8.80. The van der Waals surface area contributed by atoms with Crippen molar-refractivity contribution in [3.63, 3.8) is 0 Å². The summed E-state index contributed by atoms with van der Waals surface area (Å²) >= 11 is 0. The van der Waals surface area contributed by atoms with Crippen molar-refractivity contribution in [2.75, 3.05) is 66.5 Å². The van der Waals surface area contributed by atoms with Crippen LogP contribution >= 0.6 is 0 Å². The first-order valence-corrected chi connectivity index (χ1v) is 15.2. The lowest BCUT2D eigenvalue weighted by Crippen LogP contribution is -2.45. The van der Waals surface area contributed by atoms with Crippen LogP contribution in [0.5, 0.6) is 5.75 Å². The SMILES string of the molecule is CCCCN(CCCCN(C)C)C(=O)CN1C[C@H](c2ccc3c(c2)CCO3)C(C(=O)O)[C@@H]1CCN1CCCC1=O. The molecule has 40 heavy (non-hydrogen) atoms. The van der Waals surface area contributed by atoms with Crippen LogP contribution in [0.15, 0.2) is 18.2 Å². The van der Waals surface area contributed by atoms with Crippen LogP contribution < -0.4 is 4.74 Å². The van der Waals surface area contributed by atoms with Gasteiger partial charge in [0.1, 0.15) is 5.75 Å². The second-order valence-corrected chi connectivity index (χ2v) is 12.0. The van der Waals surface area contributed by atoms with Gasteiger partial charge < -0.3 is 24.5 Å². The molecule has 9 heteroatoms. The normalized spacial score (nSPS) is 22.6. The van der Waals surface area contributed by atoms with Crippen LogP contribution in [0.25, 0.3) is 0 Å². The number of benzene rings is 1. The van der Waals surface area contributed by atoms with Crippen molar-refractivity contribution in [2.45, 2.75) is 70.3 Å². The average Bonchev–Trinajstić information content (AvgIpc) is 3.64. The first-order chi connectivity index (χ1) is 19.3. The molecular formula is C31H48N4O5. The van der Waals surface area contributed by atoms with Gasteiger partial charge in [0.05, 0.1) is 19.1 Å². The number of likely N-dealkylation sites (tertiary alicyclic amines) is 2. The van der Waals surface area contributed by atoms with Gasteiger partial charge in [-0.2, -0.15) is 0 Å². The monoisotopic (exact) mass is 556 g/mol. The summed E-state index contributed by atoms with van der Waals surface area (Å²) in [5.41, 5.74) is 2.12. The summed E-state index contributed by atoms with van der Waals surface area (Å²) in [5, 5.41) is 10.5. The van der Waals surface area contributed by atoms with E-state index in [4.69, 9.17) is 4.74 Å². The number of carbonyl (C=O) groups is 3. The maximum atomic E-state index is 13.7. The molecule has 3 atom stereocenters. The van der Waals surface area contributed by atoms with Crippen molar-refractivity contribution in [2.24, 2.45) is 5.92 Å². The fourth-order valence-electron chi connectivity index (χ4n) is 6.57. The number of rotatable bonds is 15. The number of ether oxygens (including phenoxy) is 1. The molecule has 222 valence electrons. The van der Waals surface area contributed by atoms with Crippen LogP contribution in [0.4, 0.5) is 0 Å². The van der Waals surface area contributed by atoms with E-state index in [0.29, 0.717) is 32.5 Å². The van der Waals surface area contributed by atoms with Crippen LogP contribution in [0.3, 0.4) is 0 Å². The predicted octanol–water partition coefficient (Wildman–Crippen LogP) is 3.07. The molecular weight excluding hydrogens is 508 g/mol. The summed E-state index contributed by atoms with van der Waals surface area (Å²) in [6.07, 6.45) is 6.76. The maximum Gasteiger partial charge on any atom is 0.308 e. The number of hydrogen-bond donors (Lipinski definition) is 1. The Morgan fingerprint density at radius 1 is 1.10 bits per heavy atom. The molecule has 0 bridgehead atoms. The van der Waals surface area contributed by atoms with Gasteiger partial charge in [0.2, 0.25) is 11.8 Å². The molecule has 3 heterocycles. The third kappa shape index (κ3) is 7.55. The molecule has 0 aliphatic carbocycles. The highest BCUT2D eigenvalue weighted by atomic mass is 16.5. The van der Waals surface area contributed by atoms with Gasteiger partial charge >= 0.3 is 5.97 Å². The molecule has 1 unspecified atom stereocenters. The summed E-state index contributed by atoms with van der Waals surface area (Å²) in [4.78, 5) is 46.9. The summed E-state index contributed by atoms with van der Waals surface area (Å²) in [6, 6.07) is 5.75. The summed E-state index contributed by atoms with van der Waals surface area (Å²) in [5.74, 6) is -0.597. The van der Waals surface area contributed by atoms with Gasteiger partial charge in [0.15, 0.2) is 0 Å². The van der Waals surface area contributed by atoms with Crippen molar-refractivity contribution in [1.29, 1.82) is 0 Å². The van der Waals surface area contributed by atoms with Crippen molar-refractivity contribution in [1.82, 2.24) is 19.6 Å². The first kappa shape index (κ1) is 30.3. The highest BCUT2D eigenvalue weighted by molar-refractivity contribution is 5.79. The molecule has 0 radical (unpaired) electrons. The molecule has 1 aromatic carbocycles. The standard InChI is InChI=1S/C31H48N4O5/c1-4-5-15-33(16-7-6-14-32(2)3)29(37)22-35-21-25(23-10-11-27-24(20-23)13-19-40-27)30(31(38)39)26(35)12-18-34-17-8-9-28(34)36/h10-11,20,25-26,30H,4-9,12-19,21-22H2,1-3H3,(H,38,39)/t25-,26+,30?/m1/s1. The Balaban J connectivity index is 1.53. The Hall–Kier alpha value is -2.65. The van der Waals surface area contributed by atoms with Gasteiger partial charge in [-0.15, -0.1) is 0 Å². The Labute approximate surface area is 239 Å². The van der Waals surface area contributed by atoms with Gasteiger partial charge in [0, 0.05) is 57.5 Å². The smallest absolute Gasteiger partial charge is 0.308 e. The topological polar surface area (TPSA) is 93.6 Å². The molecule has 1 N–H and O–H groups in total.